The number of amides is 2. The Kier molecular flexibility index (Phi) is 48.0. The molecule has 0 saturated carbocycles. The van der Waals surface area contributed by atoms with Crippen molar-refractivity contribution >= 4 is 11.8 Å². The van der Waals surface area contributed by atoms with Crippen LogP contribution in [-0.2, 0) is 54.0 Å². The maximum absolute atomic E-state index is 13.9. The van der Waals surface area contributed by atoms with Crippen LogP contribution in [0.4, 0.5) is 0 Å². The van der Waals surface area contributed by atoms with Crippen molar-refractivity contribution in [1.82, 2.24) is 10.6 Å². The van der Waals surface area contributed by atoms with Gasteiger partial charge in [0.2, 0.25) is 11.7 Å². The van der Waals surface area contributed by atoms with Gasteiger partial charge >= 0.3 is 0 Å². The molecule has 2 aromatic rings. The summed E-state index contributed by atoms with van der Waals surface area (Å²) in [6.07, 6.45) is 25.0. The minimum Gasteiger partial charge on any atom is -0.493 e. The number of unbranched alkanes of at least 4 members (excludes halogenated alkanes) is 18. The van der Waals surface area contributed by atoms with Crippen LogP contribution in [0.15, 0.2) is 30.3 Å². The zero-order valence-electron chi connectivity index (χ0n) is 49.6. The highest BCUT2D eigenvalue weighted by molar-refractivity contribution is 5.97. The van der Waals surface area contributed by atoms with Crippen LogP contribution in [0.2, 0.25) is 0 Å². The predicted octanol–water partition coefficient (Wildman–Crippen LogP) is 10.5. The third-order valence-electron chi connectivity index (χ3n) is 12.5. The van der Waals surface area contributed by atoms with Crippen LogP contribution in [-0.4, -0.2) is 172 Å². The number of ether oxygens (including phenoxy) is 14. The van der Waals surface area contributed by atoms with Gasteiger partial charge in [-0.3, -0.25) is 9.59 Å². The van der Waals surface area contributed by atoms with Crippen molar-refractivity contribution in [3.05, 3.63) is 41.5 Å². The van der Waals surface area contributed by atoms with Crippen molar-refractivity contribution in [3.63, 3.8) is 0 Å². The molecule has 18 heteroatoms. The van der Waals surface area contributed by atoms with Crippen molar-refractivity contribution in [3.8, 4) is 28.7 Å². The van der Waals surface area contributed by atoms with E-state index in [-0.39, 0.29) is 81.4 Å². The second kappa shape index (κ2) is 53.3. The van der Waals surface area contributed by atoms with E-state index in [0.29, 0.717) is 104 Å². The lowest BCUT2D eigenvalue weighted by atomic mass is 10.1. The number of methoxy groups -OCH3 is 3. The van der Waals surface area contributed by atoms with Gasteiger partial charge in [-0.05, 0) is 42.7 Å². The molecule has 0 fully saturated rings. The third kappa shape index (κ3) is 40.8. The molecule has 0 aromatic heterocycles. The summed E-state index contributed by atoms with van der Waals surface area (Å²) in [7, 11) is 4.86. The van der Waals surface area contributed by atoms with Crippen LogP contribution in [0.5, 0.6) is 28.7 Å². The maximum Gasteiger partial charge on any atom is 0.251 e. The Bertz CT molecular complexity index is 1640. The van der Waals surface area contributed by atoms with Crippen LogP contribution in [0.3, 0.4) is 0 Å². The first-order chi connectivity index (χ1) is 38.9. The smallest absolute Gasteiger partial charge is 0.251 e. The molecule has 0 aliphatic heterocycles. The fraction of sp³-hybridized carbons (Fsp3) is 0.770. The molecule has 79 heavy (non-hydrogen) atoms. The summed E-state index contributed by atoms with van der Waals surface area (Å²) >= 11 is 0. The van der Waals surface area contributed by atoms with E-state index in [1.165, 1.54) is 103 Å². The summed E-state index contributed by atoms with van der Waals surface area (Å²) in [5.41, 5.74) is 1.02. The molecule has 2 aromatic carbocycles. The Hall–Kier alpha value is -3.98. The zero-order valence-corrected chi connectivity index (χ0v) is 49.6. The highest BCUT2D eigenvalue weighted by Crippen LogP contribution is 2.39. The minimum absolute atomic E-state index is 0.125. The van der Waals surface area contributed by atoms with E-state index in [4.69, 9.17) is 66.3 Å². The van der Waals surface area contributed by atoms with Gasteiger partial charge in [0, 0.05) is 39.5 Å². The molecule has 456 valence electrons. The lowest BCUT2D eigenvalue weighted by Gasteiger charge is -2.19. The van der Waals surface area contributed by atoms with Gasteiger partial charge in [0.1, 0.15) is 31.3 Å². The van der Waals surface area contributed by atoms with Gasteiger partial charge in [0.25, 0.3) is 5.91 Å². The van der Waals surface area contributed by atoms with Crippen molar-refractivity contribution < 1.29 is 75.9 Å². The Labute approximate surface area is 475 Å². The van der Waals surface area contributed by atoms with E-state index in [9.17, 15) is 9.59 Å². The van der Waals surface area contributed by atoms with E-state index in [2.05, 4.69) is 24.5 Å². The van der Waals surface area contributed by atoms with Gasteiger partial charge in [-0.15, -0.1) is 0 Å². The molecule has 0 atom stereocenters. The largest absolute Gasteiger partial charge is 0.493 e. The Morgan fingerprint density at radius 2 is 0.696 bits per heavy atom. The molecule has 0 aliphatic carbocycles. The molecule has 0 aliphatic rings. The van der Waals surface area contributed by atoms with Crippen LogP contribution in [0, 0.1) is 0 Å². The van der Waals surface area contributed by atoms with Crippen molar-refractivity contribution in [2.45, 2.75) is 149 Å². The number of nitrogens with one attached hydrogen (secondary N) is 2. The van der Waals surface area contributed by atoms with Gasteiger partial charge in [-0.2, -0.15) is 0 Å². The van der Waals surface area contributed by atoms with Crippen LogP contribution >= 0.6 is 0 Å². The number of hydrogen-bond donors (Lipinski definition) is 2. The second-order valence-corrected chi connectivity index (χ2v) is 19.3. The summed E-state index contributed by atoms with van der Waals surface area (Å²) in [5.74, 6) is 1.28. The molecular formula is C61H106N2O16. The number of carbonyl (C=O) groups is 2. The Balaban J connectivity index is 2.15. The lowest BCUT2D eigenvalue weighted by Crippen LogP contribution is -2.36. The summed E-state index contributed by atoms with van der Waals surface area (Å²) < 4.78 is 79.9. The molecule has 0 radical (unpaired) electrons. The first-order valence-electron chi connectivity index (χ1n) is 29.9. The van der Waals surface area contributed by atoms with E-state index in [0.717, 1.165) is 31.2 Å². The number of benzene rings is 2. The number of carbonyl (C=O) groups excluding carboxylic acids is 2. The average Bonchev–Trinajstić information content (AvgIpc) is 3.45. The summed E-state index contributed by atoms with van der Waals surface area (Å²) in [6, 6.07) is 8.95. The average molecular weight is 1120 g/mol. The van der Waals surface area contributed by atoms with E-state index in [1.54, 1.807) is 33.5 Å². The monoisotopic (exact) mass is 1120 g/mol. The van der Waals surface area contributed by atoms with Crippen LogP contribution in [0.25, 0.3) is 0 Å². The van der Waals surface area contributed by atoms with Crippen molar-refractivity contribution in [2.24, 2.45) is 0 Å². The molecule has 2 rings (SSSR count). The fourth-order valence-corrected chi connectivity index (χ4v) is 8.07. The molecule has 0 unspecified atom stereocenters. The Morgan fingerprint density at radius 1 is 0.354 bits per heavy atom. The minimum atomic E-state index is -0.521. The molecule has 2 amide bonds. The summed E-state index contributed by atoms with van der Waals surface area (Å²) in [5, 5.41) is 5.73. The van der Waals surface area contributed by atoms with Crippen molar-refractivity contribution in [2.75, 3.05) is 160 Å². The quantitative estimate of drug-likeness (QED) is 0.0595. The normalized spacial score (nSPS) is 11.3. The van der Waals surface area contributed by atoms with E-state index >= 15 is 0 Å². The molecule has 0 spiro atoms. The molecule has 0 saturated heterocycles. The topological polar surface area (TPSA) is 187 Å². The van der Waals surface area contributed by atoms with Gasteiger partial charge in [0.05, 0.1) is 119 Å². The molecular weight excluding hydrogens is 1020 g/mol. The Morgan fingerprint density at radius 3 is 1.08 bits per heavy atom. The molecule has 18 nitrogen and oxygen atoms in total. The predicted molar refractivity (Wildman–Crippen MR) is 309 cm³/mol. The van der Waals surface area contributed by atoms with Crippen LogP contribution < -0.4 is 34.3 Å². The highest BCUT2D eigenvalue weighted by Gasteiger charge is 2.20. The number of rotatable bonds is 59. The third-order valence-corrected chi connectivity index (χ3v) is 12.5. The molecule has 0 bridgehead atoms. The van der Waals surface area contributed by atoms with Gasteiger partial charge in [-0.25, -0.2) is 0 Å². The zero-order chi connectivity index (χ0) is 56.7. The van der Waals surface area contributed by atoms with Gasteiger partial charge in [-0.1, -0.05) is 129 Å². The van der Waals surface area contributed by atoms with Gasteiger partial charge < -0.3 is 76.9 Å². The van der Waals surface area contributed by atoms with Crippen molar-refractivity contribution in [1.29, 1.82) is 0 Å². The molecule has 2 N–H and O–H groups in total. The first-order valence-corrected chi connectivity index (χ1v) is 29.9. The maximum atomic E-state index is 13.9. The van der Waals surface area contributed by atoms with E-state index in [1.807, 2.05) is 18.2 Å². The van der Waals surface area contributed by atoms with E-state index < -0.39 is 5.91 Å². The standard InChI is InChI=1S/C61H106N2O16/c1-6-8-10-12-14-16-18-20-22-24-26-75-55-46-53(47-56(50-55)76-27-25-23-21-19-17-15-13-11-9-7-2)51-62-59(64)52-63-61(65)54-48-57(77-43-40-72-37-34-69-31-28-66-3)60(79-45-42-74-39-36-71-33-30-68-5)58(49-54)78-44-41-73-38-35-70-32-29-67-4/h46-50H,6-45,51-52H2,1-5H3,(H,62,64)(H,63,65). The SMILES string of the molecule is CCCCCCCCCCCCOc1cc(CNC(=O)CNC(=O)c2cc(OCCOCCOCCOC)c(OCCOCCOCCOC)c(OCCOCCOCCOC)c2)cc(OCCCCCCCCCCCC)c1. The second-order valence-electron chi connectivity index (χ2n) is 19.3. The number of hydrogen-bond acceptors (Lipinski definition) is 16. The highest BCUT2D eigenvalue weighted by atomic mass is 16.6. The van der Waals surface area contributed by atoms with Gasteiger partial charge in [0.15, 0.2) is 11.5 Å². The summed E-state index contributed by atoms with van der Waals surface area (Å²) in [6.45, 7) is 11.9. The molecule has 0 heterocycles. The fourth-order valence-electron chi connectivity index (χ4n) is 8.07. The van der Waals surface area contributed by atoms with Crippen LogP contribution in [0.1, 0.15) is 158 Å². The lowest BCUT2D eigenvalue weighted by molar-refractivity contribution is -0.120. The summed E-state index contributed by atoms with van der Waals surface area (Å²) in [4.78, 5) is 27.3. The first kappa shape index (κ1) is 71.1.